The van der Waals surface area contributed by atoms with Crippen LogP contribution >= 0.6 is 15.9 Å². The molecule has 5 aromatic rings. The average Bonchev–Trinajstić information content (AvgIpc) is 3.21. The minimum atomic E-state index is -0.768. The molecule has 5 nitrogen and oxygen atoms in total. The Hall–Kier alpha value is -3.97. The van der Waals surface area contributed by atoms with Crippen LogP contribution in [0.5, 0.6) is 5.75 Å². The molecule has 0 radical (unpaired) electrons. The van der Waals surface area contributed by atoms with Gasteiger partial charge in [-0.3, -0.25) is 4.40 Å². The van der Waals surface area contributed by atoms with Crippen LogP contribution in [0.15, 0.2) is 102 Å². The Balaban J connectivity index is 1.57. The van der Waals surface area contributed by atoms with Crippen molar-refractivity contribution in [3.05, 3.63) is 119 Å². The van der Waals surface area contributed by atoms with Gasteiger partial charge < -0.3 is 10.1 Å². The summed E-state index contributed by atoms with van der Waals surface area (Å²) in [5.41, 5.74) is 2.94. The smallest absolute Gasteiger partial charge is 0.346 e. The maximum Gasteiger partial charge on any atom is 0.346 e. The highest BCUT2D eigenvalue weighted by molar-refractivity contribution is 9.10. The van der Waals surface area contributed by atoms with Gasteiger partial charge in [0.1, 0.15) is 28.7 Å². The van der Waals surface area contributed by atoms with Crippen LogP contribution in [0.2, 0.25) is 0 Å². The third-order valence-electron chi connectivity index (χ3n) is 5.32. The molecule has 2 aromatic heterocycles. The van der Waals surface area contributed by atoms with E-state index in [0.717, 1.165) is 21.5 Å². The quantitative estimate of drug-likeness (QED) is 0.201. The molecular formula is C27H19BrFN3O2. The van der Waals surface area contributed by atoms with E-state index in [4.69, 9.17) is 9.72 Å². The minimum Gasteiger partial charge on any atom is -0.422 e. The van der Waals surface area contributed by atoms with Crippen LogP contribution in [0.3, 0.4) is 0 Å². The van der Waals surface area contributed by atoms with Crippen molar-refractivity contribution in [2.75, 3.05) is 5.32 Å². The summed E-state index contributed by atoms with van der Waals surface area (Å²) in [4.78, 5) is 17.5. The second kappa shape index (κ2) is 9.49. The molecule has 0 aliphatic rings. The number of carbonyl (C=O) groups is 1. The predicted octanol–water partition coefficient (Wildman–Crippen LogP) is 6.73. The van der Waals surface area contributed by atoms with Gasteiger partial charge >= 0.3 is 5.97 Å². The molecular weight excluding hydrogens is 497 g/mol. The summed E-state index contributed by atoms with van der Waals surface area (Å²) >= 11 is 3.53. The summed E-state index contributed by atoms with van der Waals surface area (Å²) in [6, 6.07) is 26.7. The zero-order valence-corrected chi connectivity index (χ0v) is 19.5. The average molecular weight is 516 g/mol. The summed E-state index contributed by atoms with van der Waals surface area (Å²) in [6.07, 6.45) is 1.92. The van der Waals surface area contributed by atoms with Crippen LogP contribution in [0, 0.1) is 5.82 Å². The summed E-state index contributed by atoms with van der Waals surface area (Å²) in [5, 5.41) is 3.48. The number of carbonyl (C=O) groups excluding carboxylic acids is 1. The summed E-state index contributed by atoms with van der Waals surface area (Å²) in [7, 11) is 0. The normalized spacial score (nSPS) is 10.9. The lowest BCUT2D eigenvalue weighted by molar-refractivity contribution is 0.0730. The number of esters is 1. The fourth-order valence-corrected chi connectivity index (χ4v) is 4.03. The maximum atomic E-state index is 14.1. The molecule has 0 aliphatic carbocycles. The van der Waals surface area contributed by atoms with Crippen molar-refractivity contribution >= 4 is 33.4 Å². The lowest BCUT2D eigenvalue weighted by atomic mass is 10.1. The van der Waals surface area contributed by atoms with Crippen LogP contribution in [0.4, 0.5) is 10.2 Å². The fraction of sp³-hybridized carbons (Fsp3) is 0.0370. The number of rotatable bonds is 6. The van der Waals surface area contributed by atoms with Gasteiger partial charge in [-0.05, 0) is 57.9 Å². The van der Waals surface area contributed by atoms with E-state index in [-0.39, 0.29) is 5.56 Å². The van der Waals surface area contributed by atoms with Gasteiger partial charge in [-0.1, -0.05) is 54.6 Å². The van der Waals surface area contributed by atoms with Crippen LogP contribution in [0.1, 0.15) is 15.9 Å². The van der Waals surface area contributed by atoms with Gasteiger partial charge in [0.2, 0.25) is 0 Å². The number of imidazole rings is 1. The molecule has 0 amide bonds. The zero-order chi connectivity index (χ0) is 23.5. The monoisotopic (exact) mass is 515 g/mol. The zero-order valence-electron chi connectivity index (χ0n) is 17.9. The Kier molecular flexibility index (Phi) is 6.10. The molecule has 7 heteroatoms. The van der Waals surface area contributed by atoms with Crippen molar-refractivity contribution in [3.63, 3.8) is 0 Å². The van der Waals surface area contributed by atoms with E-state index in [1.807, 2.05) is 65.2 Å². The van der Waals surface area contributed by atoms with Crippen molar-refractivity contribution in [3.8, 4) is 17.0 Å². The first kappa shape index (κ1) is 21.9. The Morgan fingerprint density at radius 3 is 2.50 bits per heavy atom. The molecule has 1 N–H and O–H groups in total. The van der Waals surface area contributed by atoms with E-state index in [0.29, 0.717) is 23.6 Å². The number of para-hydroxylation sites is 1. The highest BCUT2D eigenvalue weighted by Crippen LogP contribution is 2.36. The number of ether oxygens (including phenoxy) is 1. The van der Waals surface area contributed by atoms with E-state index < -0.39 is 11.8 Å². The first-order valence-corrected chi connectivity index (χ1v) is 11.4. The fourth-order valence-electron chi connectivity index (χ4n) is 3.69. The number of nitrogens with zero attached hydrogens (tertiary/aromatic N) is 2. The molecule has 0 saturated carbocycles. The molecule has 0 bridgehead atoms. The Morgan fingerprint density at radius 2 is 1.68 bits per heavy atom. The van der Waals surface area contributed by atoms with Gasteiger partial charge in [-0.15, -0.1) is 0 Å². The third kappa shape index (κ3) is 4.43. The van der Waals surface area contributed by atoms with E-state index in [1.165, 1.54) is 18.2 Å². The van der Waals surface area contributed by atoms with Crippen molar-refractivity contribution in [1.29, 1.82) is 0 Å². The second-order valence-corrected chi connectivity index (χ2v) is 8.50. The lowest BCUT2D eigenvalue weighted by Gasteiger charge is -2.12. The highest BCUT2D eigenvalue weighted by atomic mass is 79.9. The minimum absolute atomic E-state index is 0.126. The van der Waals surface area contributed by atoms with Crippen molar-refractivity contribution in [2.45, 2.75) is 6.54 Å². The predicted molar refractivity (Wildman–Crippen MR) is 133 cm³/mol. The molecule has 0 unspecified atom stereocenters. The molecule has 2 heterocycles. The number of fused-ring (bicyclic) bond motifs is 1. The molecule has 0 saturated heterocycles. The molecule has 3 aromatic carbocycles. The molecule has 0 atom stereocenters. The van der Waals surface area contributed by atoms with Gasteiger partial charge in [0.15, 0.2) is 0 Å². The van der Waals surface area contributed by atoms with Gasteiger partial charge in [-0.25, -0.2) is 14.2 Å². The van der Waals surface area contributed by atoms with Crippen molar-refractivity contribution in [1.82, 2.24) is 9.38 Å². The number of pyridine rings is 1. The van der Waals surface area contributed by atoms with E-state index in [2.05, 4.69) is 21.2 Å². The van der Waals surface area contributed by atoms with Gasteiger partial charge in [0.25, 0.3) is 0 Å². The molecule has 168 valence electrons. The number of nitrogens with one attached hydrogen (secondary N) is 1. The summed E-state index contributed by atoms with van der Waals surface area (Å²) in [6.45, 7) is 0.575. The number of hydrogen-bond acceptors (Lipinski definition) is 4. The number of aromatic nitrogens is 2. The van der Waals surface area contributed by atoms with Crippen molar-refractivity contribution < 1.29 is 13.9 Å². The third-order valence-corrected chi connectivity index (χ3v) is 5.79. The van der Waals surface area contributed by atoms with E-state index >= 15 is 0 Å². The van der Waals surface area contributed by atoms with Crippen LogP contribution in [0.25, 0.3) is 16.9 Å². The molecule has 34 heavy (non-hydrogen) atoms. The second-order valence-electron chi connectivity index (χ2n) is 7.59. The first-order chi connectivity index (χ1) is 16.6. The number of benzene rings is 3. The Morgan fingerprint density at radius 1 is 0.941 bits per heavy atom. The number of halogens is 2. The van der Waals surface area contributed by atoms with Crippen LogP contribution < -0.4 is 10.1 Å². The van der Waals surface area contributed by atoms with Crippen LogP contribution in [-0.4, -0.2) is 15.4 Å². The molecule has 0 aliphatic heterocycles. The summed E-state index contributed by atoms with van der Waals surface area (Å²) < 4.78 is 22.6. The van der Waals surface area contributed by atoms with E-state index in [1.54, 1.807) is 18.2 Å². The largest absolute Gasteiger partial charge is 0.422 e. The summed E-state index contributed by atoms with van der Waals surface area (Å²) in [5.74, 6) is -0.362. The Bertz CT molecular complexity index is 1480. The molecule has 5 rings (SSSR count). The van der Waals surface area contributed by atoms with Gasteiger partial charge in [0.05, 0.1) is 5.56 Å². The Labute approximate surface area is 204 Å². The lowest BCUT2D eigenvalue weighted by Crippen LogP contribution is -2.11. The SMILES string of the molecule is O=C(Oc1ccccc1-c1nc2ccc(Br)cn2c1NCc1ccccc1)c1ccccc1F. The molecule has 0 fully saturated rings. The maximum absolute atomic E-state index is 14.1. The number of hydrogen-bond donors (Lipinski definition) is 1. The standard InChI is InChI=1S/C27H19BrFN3O2/c28-19-14-15-24-31-25(26(32(24)17-19)30-16-18-8-2-1-3-9-18)21-11-5-7-13-23(21)34-27(33)20-10-4-6-12-22(20)29/h1-15,17,30H,16H2. The van der Waals surface area contributed by atoms with Crippen molar-refractivity contribution in [2.24, 2.45) is 0 Å². The topological polar surface area (TPSA) is 55.6 Å². The highest BCUT2D eigenvalue weighted by Gasteiger charge is 2.21. The van der Waals surface area contributed by atoms with E-state index in [9.17, 15) is 9.18 Å². The number of anilines is 1. The van der Waals surface area contributed by atoms with Crippen LogP contribution in [-0.2, 0) is 6.54 Å². The van der Waals surface area contributed by atoms with Gasteiger partial charge in [0, 0.05) is 22.8 Å². The first-order valence-electron chi connectivity index (χ1n) is 10.6. The molecule has 0 spiro atoms. The van der Waals surface area contributed by atoms with Gasteiger partial charge in [-0.2, -0.15) is 0 Å².